The summed E-state index contributed by atoms with van der Waals surface area (Å²) in [6, 6.07) is 5.58. The second-order valence-electron chi connectivity index (χ2n) is 5.53. The lowest BCUT2D eigenvalue weighted by Gasteiger charge is -2.33. The fourth-order valence-electron chi connectivity index (χ4n) is 2.58. The number of hydrogen-bond donors (Lipinski definition) is 2. The number of methoxy groups -OCH3 is 1. The van der Waals surface area contributed by atoms with Crippen molar-refractivity contribution in [3.05, 3.63) is 29.3 Å². The van der Waals surface area contributed by atoms with Crippen LogP contribution in [-0.4, -0.2) is 41.1 Å². The Balaban J connectivity index is 2.07. The molecule has 2 rings (SSSR count). The van der Waals surface area contributed by atoms with Crippen LogP contribution in [0.4, 0.5) is 0 Å². The predicted molar refractivity (Wildman–Crippen MR) is 86.5 cm³/mol. The second-order valence-corrected chi connectivity index (χ2v) is 6.75. The first-order valence-corrected chi connectivity index (χ1v) is 8.38. The van der Waals surface area contributed by atoms with Gasteiger partial charge in [-0.1, -0.05) is 12.1 Å². The van der Waals surface area contributed by atoms with Crippen LogP contribution in [0.3, 0.4) is 0 Å². The van der Waals surface area contributed by atoms with Crippen LogP contribution in [-0.2, 0) is 16.0 Å². The van der Waals surface area contributed by atoms with Crippen LogP contribution in [0.2, 0.25) is 0 Å². The van der Waals surface area contributed by atoms with Crippen molar-refractivity contribution >= 4 is 23.6 Å². The molecule has 120 valence electrons. The number of nitrogens with one attached hydrogen (secondary N) is 1. The molecule has 1 fully saturated rings. The number of benzene rings is 1. The van der Waals surface area contributed by atoms with E-state index in [2.05, 4.69) is 5.32 Å². The van der Waals surface area contributed by atoms with Gasteiger partial charge in [0.25, 0.3) is 0 Å². The maximum absolute atomic E-state index is 12.3. The SMILES string of the molecule is COc1cc(CC(=O)NC2(C(=O)O)CCSCC2)ccc1C. The van der Waals surface area contributed by atoms with Gasteiger partial charge in [0, 0.05) is 0 Å². The van der Waals surface area contributed by atoms with Crippen LogP contribution in [0.15, 0.2) is 18.2 Å². The second kappa shape index (κ2) is 7.05. The molecule has 0 spiro atoms. The zero-order valence-electron chi connectivity index (χ0n) is 12.8. The van der Waals surface area contributed by atoms with Crippen molar-refractivity contribution in [2.75, 3.05) is 18.6 Å². The summed E-state index contributed by atoms with van der Waals surface area (Å²) in [6.45, 7) is 1.93. The van der Waals surface area contributed by atoms with Crippen LogP contribution >= 0.6 is 11.8 Å². The summed E-state index contributed by atoms with van der Waals surface area (Å²) < 4.78 is 5.25. The Hall–Kier alpha value is -1.69. The average molecular weight is 323 g/mol. The number of aliphatic carboxylic acids is 1. The number of thioether (sulfide) groups is 1. The Kier molecular flexibility index (Phi) is 5.34. The number of hydrogen-bond acceptors (Lipinski definition) is 4. The Morgan fingerprint density at radius 1 is 1.36 bits per heavy atom. The highest BCUT2D eigenvalue weighted by molar-refractivity contribution is 7.99. The zero-order chi connectivity index (χ0) is 16.2. The Morgan fingerprint density at radius 2 is 2.05 bits per heavy atom. The number of rotatable bonds is 5. The summed E-state index contributed by atoms with van der Waals surface area (Å²) in [5.41, 5.74) is 0.695. The van der Waals surface area contributed by atoms with E-state index in [0.29, 0.717) is 12.8 Å². The van der Waals surface area contributed by atoms with E-state index in [1.807, 2.05) is 25.1 Å². The molecule has 0 aliphatic carbocycles. The van der Waals surface area contributed by atoms with E-state index in [9.17, 15) is 14.7 Å². The van der Waals surface area contributed by atoms with E-state index in [4.69, 9.17) is 4.74 Å². The predicted octanol–water partition coefficient (Wildman–Crippen LogP) is 2.01. The minimum atomic E-state index is -1.11. The molecule has 5 nitrogen and oxygen atoms in total. The quantitative estimate of drug-likeness (QED) is 0.867. The third kappa shape index (κ3) is 3.74. The molecule has 1 amide bonds. The molecule has 0 radical (unpaired) electrons. The monoisotopic (exact) mass is 323 g/mol. The first-order chi connectivity index (χ1) is 10.5. The Bertz CT molecular complexity index is 567. The molecule has 1 aliphatic heterocycles. The van der Waals surface area contributed by atoms with Gasteiger partial charge in [0.1, 0.15) is 11.3 Å². The summed E-state index contributed by atoms with van der Waals surface area (Å²) >= 11 is 1.72. The van der Waals surface area contributed by atoms with E-state index in [0.717, 1.165) is 28.4 Å². The van der Waals surface area contributed by atoms with Crippen molar-refractivity contribution in [2.24, 2.45) is 0 Å². The van der Waals surface area contributed by atoms with Crippen molar-refractivity contribution in [3.63, 3.8) is 0 Å². The number of carboxylic acid groups (broad SMARTS) is 1. The van der Waals surface area contributed by atoms with Gasteiger partial charge in [0.15, 0.2) is 0 Å². The van der Waals surface area contributed by atoms with Crippen LogP contribution in [0.5, 0.6) is 5.75 Å². The minimum absolute atomic E-state index is 0.152. The van der Waals surface area contributed by atoms with Gasteiger partial charge in [0.05, 0.1) is 13.5 Å². The molecule has 1 aliphatic rings. The normalized spacial score (nSPS) is 16.8. The molecule has 6 heteroatoms. The number of aryl methyl sites for hydroxylation is 1. The maximum atomic E-state index is 12.3. The number of carbonyl (C=O) groups is 2. The van der Waals surface area contributed by atoms with Gasteiger partial charge in [-0.05, 0) is 48.5 Å². The molecule has 0 aromatic heterocycles. The lowest BCUT2D eigenvalue weighted by atomic mass is 9.92. The Morgan fingerprint density at radius 3 is 2.64 bits per heavy atom. The van der Waals surface area contributed by atoms with Gasteiger partial charge in [-0.15, -0.1) is 0 Å². The highest BCUT2D eigenvalue weighted by Gasteiger charge is 2.41. The summed E-state index contributed by atoms with van der Waals surface area (Å²) in [6.07, 6.45) is 1.09. The summed E-state index contributed by atoms with van der Waals surface area (Å²) in [5, 5.41) is 12.2. The third-order valence-corrected chi connectivity index (χ3v) is 4.96. The van der Waals surface area contributed by atoms with E-state index in [1.54, 1.807) is 18.9 Å². The van der Waals surface area contributed by atoms with Gasteiger partial charge in [0.2, 0.25) is 5.91 Å². The van der Waals surface area contributed by atoms with E-state index >= 15 is 0 Å². The van der Waals surface area contributed by atoms with E-state index in [1.165, 1.54) is 0 Å². The fraction of sp³-hybridized carbons (Fsp3) is 0.500. The van der Waals surface area contributed by atoms with Crippen molar-refractivity contribution in [2.45, 2.75) is 31.7 Å². The maximum Gasteiger partial charge on any atom is 0.329 e. The van der Waals surface area contributed by atoms with Gasteiger partial charge < -0.3 is 15.2 Å². The molecule has 1 aromatic rings. The average Bonchev–Trinajstić information content (AvgIpc) is 2.50. The first kappa shape index (κ1) is 16.7. The van der Waals surface area contributed by atoms with E-state index < -0.39 is 11.5 Å². The molecule has 0 bridgehead atoms. The molecule has 1 saturated heterocycles. The topological polar surface area (TPSA) is 75.6 Å². The summed E-state index contributed by atoms with van der Waals surface area (Å²) in [5.74, 6) is 1.03. The molecule has 22 heavy (non-hydrogen) atoms. The largest absolute Gasteiger partial charge is 0.496 e. The molecule has 1 heterocycles. The van der Waals surface area contributed by atoms with Gasteiger partial charge in [-0.25, -0.2) is 4.79 Å². The molecular formula is C16H21NO4S. The summed E-state index contributed by atoms with van der Waals surface area (Å²) in [4.78, 5) is 23.8. The molecule has 0 atom stereocenters. The summed E-state index contributed by atoms with van der Waals surface area (Å²) in [7, 11) is 1.59. The third-order valence-electron chi connectivity index (χ3n) is 3.97. The van der Waals surface area contributed by atoms with Crippen molar-refractivity contribution in [1.29, 1.82) is 0 Å². The molecule has 2 N–H and O–H groups in total. The van der Waals surface area contributed by atoms with Crippen molar-refractivity contribution in [1.82, 2.24) is 5.32 Å². The van der Waals surface area contributed by atoms with Crippen molar-refractivity contribution in [3.8, 4) is 5.75 Å². The smallest absolute Gasteiger partial charge is 0.329 e. The number of carbonyl (C=O) groups excluding carboxylic acids is 1. The van der Waals surface area contributed by atoms with E-state index in [-0.39, 0.29) is 12.3 Å². The van der Waals surface area contributed by atoms with Crippen LogP contribution in [0.25, 0.3) is 0 Å². The number of ether oxygens (including phenoxy) is 1. The van der Waals surface area contributed by atoms with Crippen LogP contribution < -0.4 is 10.1 Å². The highest BCUT2D eigenvalue weighted by atomic mass is 32.2. The van der Waals surface area contributed by atoms with Gasteiger partial charge in [-0.2, -0.15) is 11.8 Å². The first-order valence-electron chi connectivity index (χ1n) is 7.22. The lowest BCUT2D eigenvalue weighted by Crippen LogP contribution is -2.56. The lowest BCUT2D eigenvalue weighted by molar-refractivity contribution is -0.148. The molecule has 1 aromatic carbocycles. The molecule has 0 saturated carbocycles. The number of amides is 1. The zero-order valence-corrected chi connectivity index (χ0v) is 13.7. The highest BCUT2D eigenvalue weighted by Crippen LogP contribution is 2.27. The van der Waals surface area contributed by atoms with Gasteiger partial charge >= 0.3 is 5.97 Å². The Labute approximate surface area is 134 Å². The molecular weight excluding hydrogens is 302 g/mol. The van der Waals surface area contributed by atoms with Crippen LogP contribution in [0, 0.1) is 6.92 Å². The fourth-order valence-corrected chi connectivity index (χ4v) is 3.77. The number of carboxylic acids is 1. The van der Waals surface area contributed by atoms with Crippen LogP contribution in [0.1, 0.15) is 24.0 Å². The molecule has 0 unspecified atom stereocenters. The minimum Gasteiger partial charge on any atom is -0.496 e. The van der Waals surface area contributed by atoms with Gasteiger partial charge in [-0.3, -0.25) is 4.79 Å². The van der Waals surface area contributed by atoms with Crippen molar-refractivity contribution < 1.29 is 19.4 Å². The standard InChI is InChI=1S/C16H21NO4S/c1-11-3-4-12(9-13(11)21-2)10-14(18)17-16(15(19)20)5-7-22-8-6-16/h3-4,9H,5-8,10H2,1-2H3,(H,17,18)(H,19,20).